The van der Waals surface area contributed by atoms with Crippen molar-refractivity contribution in [1.29, 1.82) is 0 Å². The largest absolute Gasteiger partial charge is 0.352 e. The van der Waals surface area contributed by atoms with Crippen LogP contribution in [0.3, 0.4) is 0 Å². The highest BCUT2D eigenvalue weighted by molar-refractivity contribution is 14.1. The normalized spacial score (nSPS) is 18.2. The van der Waals surface area contributed by atoms with E-state index < -0.39 is 0 Å². The van der Waals surface area contributed by atoms with Crippen molar-refractivity contribution in [2.24, 2.45) is 0 Å². The number of halogens is 2. The Morgan fingerprint density at radius 1 is 1.44 bits per heavy atom. The zero-order valence-corrected chi connectivity index (χ0v) is 13.1. The van der Waals surface area contributed by atoms with Gasteiger partial charge >= 0.3 is 0 Å². The molecule has 18 heavy (non-hydrogen) atoms. The highest BCUT2D eigenvalue weighted by Crippen LogP contribution is 2.11. The van der Waals surface area contributed by atoms with E-state index in [-0.39, 0.29) is 18.3 Å². The smallest absolute Gasteiger partial charge is 0.252 e. The van der Waals surface area contributed by atoms with Crippen molar-refractivity contribution in [2.45, 2.75) is 25.3 Å². The number of hydrogen-bond acceptors (Lipinski definition) is 2. The fourth-order valence-corrected chi connectivity index (χ4v) is 2.74. The number of rotatable bonds is 4. The van der Waals surface area contributed by atoms with E-state index in [2.05, 4.69) is 33.2 Å². The van der Waals surface area contributed by atoms with E-state index in [0.29, 0.717) is 6.04 Å². The minimum Gasteiger partial charge on any atom is -0.352 e. The Hall–Kier alpha value is -0.330. The molecule has 1 heterocycles. The van der Waals surface area contributed by atoms with Gasteiger partial charge in [0, 0.05) is 16.2 Å². The van der Waals surface area contributed by atoms with Gasteiger partial charge in [-0.15, -0.1) is 12.4 Å². The van der Waals surface area contributed by atoms with Gasteiger partial charge in [0.25, 0.3) is 5.91 Å². The van der Waals surface area contributed by atoms with Crippen LogP contribution in [-0.4, -0.2) is 25.0 Å². The Labute approximate surface area is 128 Å². The van der Waals surface area contributed by atoms with Gasteiger partial charge in [-0.05, 0) is 60.5 Å². The zero-order valence-electron chi connectivity index (χ0n) is 10.1. The maximum absolute atomic E-state index is 11.9. The third-order valence-electron chi connectivity index (χ3n) is 3.06. The summed E-state index contributed by atoms with van der Waals surface area (Å²) in [5, 5.41) is 6.41. The molecule has 2 rings (SSSR count). The van der Waals surface area contributed by atoms with Crippen molar-refractivity contribution in [2.75, 3.05) is 13.1 Å². The molecule has 1 aliphatic rings. The first kappa shape index (κ1) is 15.7. The molecule has 0 saturated carbocycles. The Morgan fingerprint density at radius 3 is 2.89 bits per heavy atom. The first-order valence-corrected chi connectivity index (χ1v) is 7.11. The molecular formula is C13H18ClIN2O. The first-order chi connectivity index (χ1) is 8.27. The van der Waals surface area contributed by atoms with Gasteiger partial charge in [-0.1, -0.05) is 12.1 Å². The highest BCUT2D eigenvalue weighted by atomic mass is 127. The lowest BCUT2D eigenvalue weighted by Crippen LogP contribution is -2.30. The van der Waals surface area contributed by atoms with Gasteiger partial charge in [0.2, 0.25) is 0 Å². The summed E-state index contributed by atoms with van der Waals surface area (Å²) in [5.41, 5.74) is 0.771. The second kappa shape index (κ2) is 7.96. The predicted octanol–water partition coefficient (Wildman–Crippen LogP) is 2.58. The Kier molecular flexibility index (Phi) is 6.96. The maximum Gasteiger partial charge on any atom is 0.252 e. The van der Waals surface area contributed by atoms with Crippen molar-refractivity contribution in [1.82, 2.24) is 10.6 Å². The second-order valence-electron chi connectivity index (χ2n) is 4.32. The summed E-state index contributed by atoms with van der Waals surface area (Å²) in [6.07, 6.45) is 3.52. The molecule has 0 radical (unpaired) electrons. The molecule has 1 amide bonds. The monoisotopic (exact) mass is 380 g/mol. The fraction of sp³-hybridized carbons (Fsp3) is 0.462. The summed E-state index contributed by atoms with van der Waals surface area (Å²) in [7, 11) is 0. The topological polar surface area (TPSA) is 41.1 Å². The summed E-state index contributed by atoms with van der Waals surface area (Å²) in [6.45, 7) is 1.87. The molecule has 1 aliphatic heterocycles. The second-order valence-corrected chi connectivity index (χ2v) is 5.48. The van der Waals surface area contributed by atoms with Crippen LogP contribution >= 0.6 is 35.0 Å². The number of nitrogens with one attached hydrogen (secondary N) is 2. The quantitative estimate of drug-likeness (QED) is 0.788. The molecule has 0 aliphatic carbocycles. The molecular weight excluding hydrogens is 363 g/mol. The number of benzene rings is 1. The summed E-state index contributed by atoms with van der Waals surface area (Å²) in [4.78, 5) is 11.9. The minimum absolute atomic E-state index is 0. The molecule has 3 nitrogen and oxygen atoms in total. The first-order valence-electron chi connectivity index (χ1n) is 6.03. The van der Waals surface area contributed by atoms with Gasteiger partial charge in [-0.25, -0.2) is 0 Å². The fourth-order valence-electron chi connectivity index (χ4n) is 2.10. The zero-order chi connectivity index (χ0) is 12.1. The van der Waals surface area contributed by atoms with Crippen molar-refractivity contribution < 1.29 is 4.79 Å². The lowest BCUT2D eigenvalue weighted by Gasteiger charge is -2.11. The van der Waals surface area contributed by atoms with Crippen LogP contribution in [0.5, 0.6) is 0 Å². The van der Waals surface area contributed by atoms with Crippen molar-refractivity contribution in [3.63, 3.8) is 0 Å². The van der Waals surface area contributed by atoms with Gasteiger partial charge < -0.3 is 10.6 Å². The van der Waals surface area contributed by atoms with Crippen LogP contribution in [0.25, 0.3) is 0 Å². The van der Waals surface area contributed by atoms with Crippen molar-refractivity contribution in [3.05, 3.63) is 33.4 Å². The van der Waals surface area contributed by atoms with Crippen LogP contribution in [0.2, 0.25) is 0 Å². The van der Waals surface area contributed by atoms with Crippen LogP contribution in [0.15, 0.2) is 24.3 Å². The Balaban J connectivity index is 0.00000162. The van der Waals surface area contributed by atoms with Crippen LogP contribution < -0.4 is 10.6 Å². The molecule has 5 heteroatoms. The van der Waals surface area contributed by atoms with Gasteiger partial charge in [-0.2, -0.15) is 0 Å². The highest BCUT2D eigenvalue weighted by Gasteiger charge is 2.14. The third kappa shape index (κ3) is 4.40. The van der Waals surface area contributed by atoms with Crippen LogP contribution in [-0.2, 0) is 0 Å². The molecule has 2 N–H and O–H groups in total. The van der Waals surface area contributed by atoms with Gasteiger partial charge in [0.15, 0.2) is 0 Å². The van der Waals surface area contributed by atoms with E-state index in [1.54, 1.807) is 0 Å². The molecule has 1 aromatic rings. The lowest BCUT2D eigenvalue weighted by molar-refractivity contribution is 0.0951. The average molecular weight is 381 g/mol. The summed E-state index contributed by atoms with van der Waals surface area (Å²) in [6, 6.07) is 8.25. The average Bonchev–Trinajstić information content (AvgIpc) is 2.82. The van der Waals surface area contributed by atoms with E-state index in [1.165, 1.54) is 12.8 Å². The van der Waals surface area contributed by atoms with E-state index >= 15 is 0 Å². The minimum atomic E-state index is 0. The molecule has 100 valence electrons. The predicted molar refractivity (Wildman–Crippen MR) is 84.4 cm³/mol. The Bertz CT molecular complexity index is 394. The van der Waals surface area contributed by atoms with Gasteiger partial charge in [0.05, 0.1) is 5.56 Å². The molecule has 0 unspecified atom stereocenters. The standard InChI is InChI=1S/C13H17IN2O.ClH/c14-12-6-2-1-5-11(12)13(17)16-9-7-10-4-3-8-15-10;/h1-2,5-6,10,15H,3-4,7-9H2,(H,16,17);1H/t10-;/m1./s1. The van der Waals surface area contributed by atoms with Crippen LogP contribution in [0.4, 0.5) is 0 Å². The van der Waals surface area contributed by atoms with Crippen LogP contribution in [0.1, 0.15) is 29.6 Å². The Morgan fingerprint density at radius 2 is 2.22 bits per heavy atom. The van der Waals surface area contributed by atoms with Gasteiger partial charge in [0.1, 0.15) is 0 Å². The molecule has 1 saturated heterocycles. The molecule has 1 atom stereocenters. The molecule has 0 bridgehead atoms. The lowest BCUT2D eigenvalue weighted by atomic mass is 10.1. The van der Waals surface area contributed by atoms with Crippen molar-refractivity contribution >= 4 is 40.9 Å². The summed E-state index contributed by atoms with van der Waals surface area (Å²) < 4.78 is 1.00. The number of amides is 1. The molecule has 0 aromatic heterocycles. The van der Waals surface area contributed by atoms with E-state index in [4.69, 9.17) is 0 Å². The SMILES string of the molecule is Cl.O=C(NCC[C@H]1CCCN1)c1ccccc1I. The number of hydrogen-bond donors (Lipinski definition) is 2. The van der Waals surface area contributed by atoms with E-state index in [1.807, 2.05) is 24.3 Å². The van der Waals surface area contributed by atoms with E-state index in [0.717, 1.165) is 28.6 Å². The van der Waals surface area contributed by atoms with Crippen LogP contribution in [0, 0.1) is 3.57 Å². The van der Waals surface area contributed by atoms with Crippen molar-refractivity contribution in [3.8, 4) is 0 Å². The molecule has 0 spiro atoms. The summed E-state index contributed by atoms with van der Waals surface area (Å²) >= 11 is 2.19. The van der Waals surface area contributed by atoms with Gasteiger partial charge in [-0.3, -0.25) is 4.79 Å². The maximum atomic E-state index is 11.9. The molecule has 1 fully saturated rings. The third-order valence-corrected chi connectivity index (χ3v) is 4.00. The summed E-state index contributed by atoms with van der Waals surface area (Å²) in [5.74, 6) is 0.0352. The molecule has 1 aromatic carbocycles. The van der Waals surface area contributed by atoms with E-state index in [9.17, 15) is 4.79 Å². The number of carbonyl (C=O) groups excluding carboxylic acids is 1. The number of carbonyl (C=O) groups is 1.